The number of anilines is 1. The van der Waals surface area contributed by atoms with Crippen LogP contribution in [0, 0.1) is 12.7 Å². The number of ether oxygens (including phenoxy) is 1. The zero-order valence-corrected chi connectivity index (χ0v) is 16.4. The molecule has 3 aromatic carbocycles. The van der Waals surface area contributed by atoms with E-state index < -0.39 is 11.7 Å². The van der Waals surface area contributed by atoms with Gasteiger partial charge in [0.2, 0.25) is 5.78 Å². The summed E-state index contributed by atoms with van der Waals surface area (Å²) in [7, 11) is 1.54. The third-order valence-electron chi connectivity index (χ3n) is 4.82. The minimum atomic E-state index is -0.486. The SMILES string of the molecule is COc1cccc(C(=O)c2oc3cc(NC(=O)c4cccc(F)c4)ccc3c2C)c1. The van der Waals surface area contributed by atoms with Gasteiger partial charge in [-0.2, -0.15) is 0 Å². The van der Waals surface area contributed by atoms with Crippen molar-refractivity contribution in [1.29, 1.82) is 0 Å². The quantitative estimate of drug-likeness (QED) is 0.455. The number of aryl methyl sites for hydroxylation is 1. The maximum Gasteiger partial charge on any atom is 0.255 e. The van der Waals surface area contributed by atoms with Gasteiger partial charge in [0.05, 0.1) is 7.11 Å². The topological polar surface area (TPSA) is 68.5 Å². The van der Waals surface area contributed by atoms with Gasteiger partial charge in [-0.25, -0.2) is 4.39 Å². The van der Waals surface area contributed by atoms with Gasteiger partial charge in [-0.3, -0.25) is 9.59 Å². The molecule has 0 radical (unpaired) electrons. The van der Waals surface area contributed by atoms with Crippen molar-refractivity contribution in [3.63, 3.8) is 0 Å². The van der Waals surface area contributed by atoms with Crippen LogP contribution in [0.25, 0.3) is 11.0 Å². The molecular formula is C24H18FNO4. The van der Waals surface area contributed by atoms with Crippen molar-refractivity contribution in [2.24, 2.45) is 0 Å². The van der Waals surface area contributed by atoms with Crippen LogP contribution in [0.1, 0.15) is 32.0 Å². The molecular weight excluding hydrogens is 385 g/mol. The molecule has 0 spiro atoms. The second-order valence-corrected chi connectivity index (χ2v) is 6.79. The second-order valence-electron chi connectivity index (χ2n) is 6.79. The lowest BCUT2D eigenvalue weighted by molar-refractivity contribution is 0.101. The van der Waals surface area contributed by atoms with Crippen LogP contribution < -0.4 is 10.1 Å². The largest absolute Gasteiger partial charge is 0.497 e. The van der Waals surface area contributed by atoms with E-state index in [-0.39, 0.29) is 17.1 Å². The van der Waals surface area contributed by atoms with Crippen LogP contribution in [-0.4, -0.2) is 18.8 Å². The van der Waals surface area contributed by atoms with E-state index in [0.717, 1.165) is 11.5 Å². The van der Waals surface area contributed by atoms with Gasteiger partial charge < -0.3 is 14.5 Å². The van der Waals surface area contributed by atoms with Crippen molar-refractivity contribution >= 4 is 28.3 Å². The summed E-state index contributed by atoms with van der Waals surface area (Å²) < 4.78 is 24.4. The van der Waals surface area contributed by atoms with Crippen LogP contribution in [0.2, 0.25) is 0 Å². The van der Waals surface area contributed by atoms with Gasteiger partial charge in [0, 0.05) is 33.8 Å². The van der Waals surface area contributed by atoms with Gasteiger partial charge in [-0.1, -0.05) is 18.2 Å². The van der Waals surface area contributed by atoms with E-state index >= 15 is 0 Å². The number of methoxy groups -OCH3 is 1. The first-order chi connectivity index (χ1) is 14.5. The molecule has 0 aliphatic carbocycles. The highest BCUT2D eigenvalue weighted by Gasteiger charge is 2.20. The fraction of sp³-hybridized carbons (Fsp3) is 0.0833. The molecule has 0 aliphatic rings. The summed E-state index contributed by atoms with van der Waals surface area (Å²) in [6.07, 6.45) is 0. The number of rotatable bonds is 5. The Hall–Kier alpha value is -3.93. The molecule has 1 amide bonds. The molecule has 5 nitrogen and oxygen atoms in total. The minimum absolute atomic E-state index is 0.208. The first kappa shape index (κ1) is 19.4. The van der Waals surface area contributed by atoms with Crippen LogP contribution in [0.3, 0.4) is 0 Å². The molecule has 0 saturated carbocycles. The van der Waals surface area contributed by atoms with Gasteiger partial charge in [0.15, 0.2) is 5.76 Å². The summed E-state index contributed by atoms with van der Waals surface area (Å²) in [6, 6.07) is 17.4. The number of halogens is 1. The van der Waals surface area contributed by atoms with Crippen LogP contribution in [0.5, 0.6) is 5.75 Å². The van der Waals surface area contributed by atoms with Crippen LogP contribution >= 0.6 is 0 Å². The Morgan fingerprint density at radius 1 is 0.967 bits per heavy atom. The number of furan rings is 1. The maximum absolute atomic E-state index is 13.4. The molecule has 0 atom stereocenters. The van der Waals surface area contributed by atoms with Gasteiger partial charge in [0.25, 0.3) is 5.91 Å². The zero-order chi connectivity index (χ0) is 21.3. The third kappa shape index (κ3) is 3.67. The van der Waals surface area contributed by atoms with Crippen molar-refractivity contribution < 1.29 is 23.1 Å². The van der Waals surface area contributed by atoms with Crippen LogP contribution in [-0.2, 0) is 0 Å². The predicted molar refractivity (Wildman–Crippen MR) is 112 cm³/mol. The lowest BCUT2D eigenvalue weighted by Gasteiger charge is -2.05. The fourth-order valence-electron chi connectivity index (χ4n) is 3.25. The summed E-state index contributed by atoms with van der Waals surface area (Å²) in [5, 5.41) is 3.48. The number of hydrogen-bond acceptors (Lipinski definition) is 4. The molecule has 1 heterocycles. The summed E-state index contributed by atoms with van der Waals surface area (Å²) >= 11 is 0. The maximum atomic E-state index is 13.4. The van der Waals surface area contributed by atoms with Crippen molar-refractivity contribution in [3.8, 4) is 5.75 Å². The van der Waals surface area contributed by atoms with E-state index in [9.17, 15) is 14.0 Å². The first-order valence-electron chi connectivity index (χ1n) is 9.25. The Balaban J connectivity index is 1.64. The van der Waals surface area contributed by atoms with E-state index in [1.54, 1.807) is 42.5 Å². The Labute approximate surface area is 172 Å². The summed E-state index contributed by atoms with van der Waals surface area (Å²) in [6.45, 7) is 1.81. The summed E-state index contributed by atoms with van der Waals surface area (Å²) in [4.78, 5) is 25.3. The van der Waals surface area contributed by atoms with E-state index in [4.69, 9.17) is 9.15 Å². The van der Waals surface area contributed by atoms with E-state index in [2.05, 4.69) is 5.32 Å². The molecule has 30 heavy (non-hydrogen) atoms. The number of hydrogen-bond donors (Lipinski definition) is 1. The number of carbonyl (C=O) groups excluding carboxylic acids is 2. The minimum Gasteiger partial charge on any atom is -0.497 e. The molecule has 0 aliphatic heterocycles. The Kier molecular flexibility index (Phi) is 5.06. The zero-order valence-electron chi connectivity index (χ0n) is 16.4. The lowest BCUT2D eigenvalue weighted by atomic mass is 10.0. The van der Waals surface area contributed by atoms with Gasteiger partial charge in [-0.15, -0.1) is 0 Å². The number of ketones is 1. The van der Waals surface area contributed by atoms with E-state index in [1.165, 1.54) is 25.3 Å². The van der Waals surface area contributed by atoms with Crippen LogP contribution in [0.15, 0.2) is 71.1 Å². The van der Waals surface area contributed by atoms with Crippen molar-refractivity contribution in [2.45, 2.75) is 6.92 Å². The Morgan fingerprint density at radius 2 is 1.73 bits per heavy atom. The smallest absolute Gasteiger partial charge is 0.255 e. The Bertz CT molecular complexity index is 1280. The average molecular weight is 403 g/mol. The molecule has 1 N–H and O–H groups in total. The van der Waals surface area contributed by atoms with Gasteiger partial charge in [-0.05, 0) is 49.4 Å². The van der Waals surface area contributed by atoms with Gasteiger partial charge >= 0.3 is 0 Å². The monoisotopic (exact) mass is 403 g/mol. The van der Waals surface area contributed by atoms with Crippen LogP contribution in [0.4, 0.5) is 10.1 Å². The number of benzene rings is 3. The molecule has 150 valence electrons. The molecule has 0 fully saturated rings. The predicted octanol–water partition coefficient (Wildman–Crippen LogP) is 5.37. The average Bonchev–Trinajstić information content (AvgIpc) is 3.09. The highest BCUT2D eigenvalue weighted by Crippen LogP contribution is 2.30. The van der Waals surface area contributed by atoms with Crippen molar-refractivity contribution in [3.05, 3.63) is 95.0 Å². The number of carbonyl (C=O) groups is 2. The highest BCUT2D eigenvalue weighted by molar-refractivity contribution is 6.11. The number of fused-ring (bicyclic) bond motifs is 1. The molecule has 0 unspecified atom stereocenters. The lowest BCUT2D eigenvalue weighted by Crippen LogP contribution is -2.11. The molecule has 0 bridgehead atoms. The highest BCUT2D eigenvalue weighted by atomic mass is 19.1. The van der Waals surface area contributed by atoms with Gasteiger partial charge in [0.1, 0.15) is 17.1 Å². The van der Waals surface area contributed by atoms with Crippen molar-refractivity contribution in [1.82, 2.24) is 0 Å². The summed E-state index contributed by atoms with van der Waals surface area (Å²) in [5.74, 6) is -0.373. The van der Waals surface area contributed by atoms with E-state index in [0.29, 0.717) is 28.1 Å². The fourth-order valence-corrected chi connectivity index (χ4v) is 3.25. The standard InChI is InChI=1S/C24H18FNO4/c1-14-20-10-9-18(26-24(28)16-6-3-7-17(25)11-16)13-21(20)30-23(14)22(27)15-5-4-8-19(12-15)29-2/h3-13H,1-2H3,(H,26,28). The van der Waals surface area contributed by atoms with E-state index in [1.807, 2.05) is 6.92 Å². The molecule has 6 heteroatoms. The molecule has 4 rings (SSSR count). The molecule has 1 aromatic heterocycles. The third-order valence-corrected chi connectivity index (χ3v) is 4.82. The summed E-state index contributed by atoms with van der Waals surface area (Å²) in [5.41, 5.74) is 2.32. The molecule has 0 saturated heterocycles. The number of nitrogens with one attached hydrogen (secondary N) is 1. The Morgan fingerprint density at radius 3 is 2.50 bits per heavy atom. The second kappa shape index (κ2) is 7.83. The normalized spacial score (nSPS) is 10.8. The first-order valence-corrected chi connectivity index (χ1v) is 9.25. The van der Waals surface area contributed by atoms with Crippen molar-refractivity contribution in [2.75, 3.05) is 12.4 Å². The number of amides is 1. The molecule has 4 aromatic rings.